The highest BCUT2D eigenvalue weighted by atomic mass is 28.3. The summed E-state index contributed by atoms with van der Waals surface area (Å²) in [4.78, 5) is 9.85. The van der Waals surface area contributed by atoms with Gasteiger partial charge in [0, 0.05) is 29.5 Å². The maximum Gasteiger partial charge on any atom is 0.494 e. The van der Waals surface area contributed by atoms with Crippen LogP contribution in [-0.2, 0) is 27.4 Å². The van der Waals surface area contributed by atoms with Crippen molar-refractivity contribution in [2.45, 2.75) is 130 Å². The van der Waals surface area contributed by atoms with Gasteiger partial charge in [-0.2, -0.15) is 0 Å². The van der Waals surface area contributed by atoms with E-state index in [1.165, 1.54) is 63.1 Å². The number of rotatable bonds is 15. The molecule has 6 nitrogen and oxygen atoms in total. The Morgan fingerprint density at radius 2 is 1.26 bits per heavy atom. The molecule has 0 radical (unpaired) electrons. The first-order chi connectivity index (χ1) is 27.4. The topological polar surface area (TPSA) is 58.4 Å². The lowest BCUT2D eigenvalue weighted by atomic mass is 9.78. The molecule has 1 aliphatic rings. The fourth-order valence-corrected chi connectivity index (χ4v) is 16.5. The fraction of sp³-hybridized carbons (Fsp3) is 0.417. The number of aromatic nitrogens is 3. The summed E-state index contributed by atoms with van der Waals surface area (Å²) in [5.41, 5.74) is 6.69. The van der Waals surface area contributed by atoms with Crippen molar-refractivity contribution in [3.63, 3.8) is 0 Å². The number of nitrogens with zero attached hydrogens (tertiary/aromatic N) is 3. The van der Waals surface area contributed by atoms with Crippen molar-refractivity contribution in [1.29, 1.82) is 0 Å². The van der Waals surface area contributed by atoms with Crippen LogP contribution in [0.15, 0.2) is 97.5 Å². The van der Waals surface area contributed by atoms with E-state index in [4.69, 9.17) is 24.0 Å². The molecule has 1 aliphatic heterocycles. The molecule has 1 saturated heterocycles. The van der Waals surface area contributed by atoms with Crippen LogP contribution < -0.4 is 15.8 Å². The molecular weight excluding hydrogens is 734 g/mol. The van der Waals surface area contributed by atoms with E-state index in [0.717, 1.165) is 33.5 Å². The number of benzene rings is 3. The second-order valence-electron chi connectivity index (χ2n) is 17.3. The zero-order valence-electron chi connectivity index (χ0n) is 36.0. The Kier molecular flexibility index (Phi) is 11.9. The van der Waals surface area contributed by atoms with Gasteiger partial charge in [0.15, 0.2) is 0 Å². The number of ether oxygens (including phenoxy) is 1. The Morgan fingerprint density at radius 3 is 1.86 bits per heavy atom. The lowest BCUT2D eigenvalue weighted by Crippen LogP contribution is -2.45. The Balaban J connectivity index is 1.20. The lowest BCUT2D eigenvalue weighted by molar-refractivity contribution is 0.00578. The Morgan fingerprint density at radius 1 is 0.649 bits per heavy atom. The van der Waals surface area contributed by atoms with Crippen LogP contribution in [0.3, 0.4) is 0 Å². The van der Waals surface area contributed by atoms with E-state index in [9.17, 15) is 0 Å². The van der Waals surface area contributed by atoms with Gasteiger partial charge >= 0.3 is 7.12 Å². The molecule has 0 atom stereocenters. The largest absolute Gasteiger partial charge is 0.494 e. The highest BCUT2D eigenvalue weighted by molar-refractivity contribution is 6.93. The van der Waals surface area contributed by atoms with E-state index in [1.807, 2.05) is 6.20 Å². The first kappa shape index (κ1) is 41.3. The molecule has 0 N–H and O–H groups in total. The zero-order valence-corrected chi connectivity index (χ0v) is 38.0. The van der Waals surface area contributed by atoms with Crippen molar-refractivity contribution in [2.24, 2.45) is 0 Å². The molecule has 57 heavy (non-hydrogen) atoms. The van der Waals surface area contributed by atoms with Gasteiger partial charge in [0.05, 0.1) is 50.9 Å². The minimum Gasteiger partial charge on any atom is -0.399 e. The average molecular weight is 796 g/mol. The van der Waals surface area contributed by atoms with Gasteiger partial charge in [0.2, 0.25) is 0 Å². The van der Waals surface area contributed by atoms with Crippen molar-refractivity contribution < 1.29 is 14.0 Å². The van der Waals surface area contributed by atoms with Gasteiger partial charge in [-0.05, 0) is 83.6 Å². The molecule has 0 bridgehead atoms. The minimum absolute atomic E-state index is 0.385. The van der Waals surface area contributed by atoms with E-state index < -0.39 is 23.3 Å². The molecule has 0 spiro atoms. The number of hydrogen-bond acceptors (Lipinski definition) is 5. The second kappa shape index (κ2) is 16.4. The SMILES string of the molecule is CC[Si](CC)(CC)c1ccc(-c2ccc(-c3ccc4ccc5c([Si](CC)(CC)CC)cn(COCc6cccc(B7OC(C)(C)C(C)(C)O7)c6)c5c4c3)cn2)nc1. The summed E-state index contributed by atoms with van der Waals surface area (Å²) in [6.07, 6.45) is 6.56. The van der Waals surface area contributed by atoms with Crippen molar-refractivity contribution >= 4 is 60.8 Å². The summed E-state index contributed by atoms with van der Waals surface area (Å²) in [5, 5.41) is 6.84. The summed E-state index contributed by atoms with van der Waals surface area (Å²) in [6, 6.07) is 36.2. The molecule has 6 aromatic rings. The van der Waals surface area contributed by atoms with Crippen LogP contribution in [0.25, 0.3) is 44.2 Å². The number of pyridine rings is 2. The molecular formula is C48H62BN3O3Si2. The van der Waals surface area contributed by atoms with Gasteiger partial charge in [-0.1, -0.05) is 138 Å². The normalized spacial score (nSPS) is 15.6. The zero-order chi connectivity index (χ0) is 40.6. The standard InChI is InChI=1S/C48H62BN3O3Si2/c1-11-56(12-2,13-3)40-24-27-44(51-31-40)43-26-23-38(30-50-43)37-21-20-36-22-25-41-45(57(14-4,15-5)16-6)32-52(46(41)42(36)29-37)34-53-33-35-18-17-19-39(28-35)49-54-47(7,8)48(9,10)55-49/h17-32H,11-16,33-34H2,1-10H3. The number of hydrogen-bond donors (Lipinski definition) is 0. The maximum atomic E-state index is 6.59. The molecule has 9 heteroatoms. The molecule has 0 unspecified atom stereocenters. The van der Waals surface area contributed by atoms with Crippen molar-refractivity contribution in [3.05, 3.63) is 103 Å². The van der Waals surface area contributed by atoms with E-state index in [0.29, 0.717) is 13.3 Å². The van der Waals surface area contributed by atoms with Gasteiger partial charge < -0.3 is 18.6 Å². The highest BCUT2D eigenvalue weighted by Gasteiger charge is 2.51. The monoisotopic (exact) mass is 795 g/mol. The van der Waals surface area contributed by atoms with Crippen LogP contribution in [0.1, 0.15) is 74.8 Å². The van der Waals surface area contributed by atoms with E-state index >= 15 is 0 Å². The molecule has 0 saturated carbocycles. The predicted octanol–water partition coefficient (Wildman–Crippen LogP) is 10.8. The molecule has 3 aromatic carbocycles. The van der Waals surface area contributed by atoms with Crippen LogP contribution in [0, 0.1) is 0 Å². The summed E-state index contributed by atoms with van der Waals surface area (Å²) in [5.74, 6) is 0. The van der Waals surface area contributed by atoms with E-state index in [1.54, 1.807) is 5.19 Å². The average Bonchev–Trinajstić information content (AvgIpc) is 3.72. The van der Waals surface area contributed by atoms with Gasteiger partial charge in [-0.25, -0.2) is 0 Å². The summed E-state index contributed by atoms with van der Waals surface area (Å²) < 4.78 is 21.7. The molecule has 1 fully saturated rings. The molecule has 298 valence electrons. The highest BCUT2D eigenvalue weighted by Crippen LogP contribution is 2.37. The summed E-state index contributed by atoms with van der Waals surface area (Å²) in [6.45, 7) is 23.5. The second-order valence-corrected chi connectivity index (χ2v) is 27.7. The van der Waals surface area contributed by atoms with Crippen LogP contribution in [0.4, 0.5) is 0 Å². The van der Waals surface area contributed by atoms with Crippen LogP contribution in [0.5, 0.6) is 0 Å². The third kappa shape index (κ3) is 7.62. The molecule has 3 aromatic heterocycles. The van der Waals surface area contributed by atoms with Crippen LogP contribution in [-0.4, -0.2) is 49.0 Å². The van der Waals surface area contributed by atoms with Crippen LogP contribution in [0.2, 0.25) is 36.3 Å². The third-order valence-electron chi connectivity index (χ3n) is 14.2. The first-order valence-electron chi connectivity index (χ1n) is 21.4. The Hall–Kier alpha value is -3.86. The minimum atomic E-state index is -1.73. The smallest absolute Gasteiger partial charge is 0.399 e. The molecule has 4 heterocycles. The van der Waals surface area contributed by atoms with Crippen molar-refractivity contribution in [2.75, 3.05) is 0 Å². The van der Waals surface area contributed by atoms with Crippen LogP contribution >= 0.6 is 0 Å². The summed E-state index contributed by atoms with van der Waals surface area (Å²) in [7, 11) is -3.60. The van der Waals surface area contributed by atoms with E-state index in [-0.39, 0.29) is 11.2 Å². The van der Waals surface area contributed by atoms with Gasteiger partial charge in [0.1, 0.15) is 6.73 Å². The first-order valence-corrected chi connectivity index (χ1v) is 26.6. The lowest BCUT2D eigenvalue weighted by Gasteiger charge is -2.32. The fourth-order valence-electron chi connectivity index (χ4n) is 9.15. The Labute approximate surface area is 343 Å². The van der Waals surface area contributed by atoms with Gasteiger partial charge in [-0.15, -0.1) is 0 Å². The van der Waals surface area contributed by atoms with E-state index in [2.05, 4.69) is 165 Å². The number of fused-ring (bicyclic) bond motifs is 3. The Bertz CT molecular complexity index is 2300. The molecule has 0 aliphatic carbocycles. The van der Waals surface area contributed by atoms with Crippen molar-refractivity contribution in [1.82, 2.24) is 14.5 Å². The third-order valence-corrected chi connectivity index (χ3v) is 25.4. The predicted molar refractivity (Wildman–Crippen MR) is 247 cm³/mol. The molecule has 0 amide bonds. The summed E-state index contributed by atoms with van der Waals surface area (Å²) >= 11 is 0. The quantitative estimate of drug-likeness (QED) is 0.0969. The maximum absolute atomic E-state index is 6.59. The van der Waals surface area contributed by atoms with Crippen molar-refractivity contribution in [3.8, 4) is 22.5 Å². The molecule has 7 rings (SSSR count). The van der Waals surface area contributed by atoms with Gasteiger partial charge in [0.25, 0.3) is 0 Å². The van der Waals surface area contributed by atoms with Gasteiger partial charge in [-0.3, -0.25) is 9.97 Å².